The molecule has 1 heterocycles. The lowest BCUT2D eigenvalue weighted by atomic mass is 10.1. The van der Waals surface area contributed by atoms with Crippen molar-refractivity contribution in [3.8, 4) is 5.75 Å². The van der Waals surface area contributed by atoms with Gasteiger partial charge in [0.25, 0.3) is 11.8 Å². The van der Waals surface area contributed by atoms with Gasteiger partial charge in [-0.1, -0.05) is 19.9 Å². The molecule has 2 amide bonds. The van der Waals surface area contributed by atoms with Crippen LogP contribution in [0.4, 0.5) is 11.4 Å². The van der Waals surface area contributed by atoms with Crippen LogP contribution in [-0.4, -0.2) is 18.4 Å². The van der Waals surface area contributed by atoms with Crippen molar-refractivity contribution in [3.05, 3.63) is 78.3 Å². The summed E-state index contributed by atoms with van der Waals surface area (Å²) >= 11 is 0. The molecule has 0 fully saturated rings. The summed E-state index contributed by atoms with van der Waals surface area (Å²) in [6.07, 6.45) is 2.42. The quantitative estimate of drug-likeness (QED) is 0.551. The number of carbonyl (C=O) groups is 2. The molecular formula is C23H24N2O4. The first-order valence-electron chi connectivity index (χ1n) is 9.50. The van der Waals surface area contributed by atoms with Gasteiger partial charge in [0.1, 0.15) is 5.75 Å². The number of ether oxygens (including phenoxy) is 1. The first-order chi connectivity index (χ1) is 14.0. The Bertz CT molecular complexity index is 947. The Morgan fingerprint density at radius 1 is 0.931 bits per heavy atom. The smallest absolute Gasteiger partial charge is 0.291 e. The molecule has 0 atom stereocenters. The molecule has 0 aliphatic rings. The van der Waals surface area contributed by atoms with E-state index in [9.17, 15) is 9.59 Å². The maximum absolute atomic E-state index is 12.5. The molecule has 3 rings (SSSR count). The Hall–Kier alpha value is -3.54. The summed E-state index contributed by atoms with van der Waals surface area (Å²) in [5.41, 5.74) is 1.65. The minimum Gasteiger partial charge on any atom is -0.494 e. The first-order valence-corrected chi connectivity index (χ1v) is 9.50. The van der Waals surface area contributed by atoms with Crippen LogP contribution in [0, 0.1) is 5.92 Å². The Labute approximate surface area is 169 Å². The molecular weight excluding hydrogens is 368 g/mol. The number of rotatable bonds is 8. The van der Waals surface area contributed by atoms with E-state index in [0.29, 0.717) is 29.5 Å². The van der Waals surface area contributed by atoms with E-state index in [1.54, 1.807) is 60.7 Å². The summed E-state index contributed by atoms with van der Waals surface area (Å²) < 4.78 is 10.7. The summed E-state index contributed by atoms with van der Waals surface area (Å²) in [5, 5.41) is 5.56. The van der Waals surface area contributed by atoms with Crippen LogP contribution in [0.1, 0.15) is 41.2 Å². The molecule has 0 bridgehead atoms. The second kappa shape index (κ2) is 9.59. The zero-order chi connectivity index (χ0) is 20.6. The van der Waals surface area contributed by atoms with Gasteiger partial charge in [-0.3, -0.25) is 9.59 Å². The van der Waals surface area contributed by atoms with Crippen LogP contribution in [0.3, 0.4) is 0 Å². The van der Waals surface area contributed by atoms with Gasteiger partial charge in [0.2, 0.25) is 0 Å². The number of benzene rings is 2. The third-order valence-corrected chi connectivity index (χ3v) is 4.20. The van der Waals surface area contributed by atoms with Crippen molar-refractivity contribution in [3.63, 3.8) is 0 Å². The lowest BCUT2D eigenvalue weighted by Gasteiger charge is -2.10. The second-order valence-corrected chi connectivity index (χ2v) is 7.02. The van der Waals surface area contributed by atoms with Gasteiger partial charge in [-0.2, -0.15) is 0 Å². The van der Waals surface area contributed by atoms with Gasteiger partial charge in [-0.05, 0) is 66.9 Å². The number of amides is 2. The molecule has 0 aliphatic heterocycles. The molecule has 0 saturated carbocycles. The van der Waals surface area contributed by atoms with Crippen molar-refractivity contribution >= 4 is 23.2 Å². The van der Waals surface area contributed by atoms with Crippen molar-refractivity contribution in [2.75, 3.05) is 17.2 Å². The highest BCUT2D eigenvalue weighted by molar-refractivity contribution is 6.05. The maximum atomic E-state index is 12.5. The van der Waals surface area contributed by atoms with Crippen molar-refractivity contribution in [1.82, 2.24) is 0 Å². The van der Waals surface area contributed by atoms with Crippen molar-refractivity contribution in [1.29, 1.82) is 0 Å². The molecule has 3 aromatic rings. The molecule has 0 unspecified atom stereocenters. The van der Waals surface area contributed by atoms with E-state index in [4.69, 9.17) is 9.15 Å². The van der Waals surface area contributed by atoms with Gasteiger partial charge < -0.3 is 19.8 Å². The van der Waals surface area contributed by atoms with Crippen molar-refractivity contribution in [2.45, 2.75) is 20.3 Å². The number of carbonyl (C=O) groups excluding carboxylic acids is 2. The summed E-state index contributed by atoms with van der Waals surface area (Å²) in [4.78, 5) is 24.6. The van der Waals surface area contributed by atoms with E-state index in [-0.39, 0.29) is 17.6 Å². The molecule has 2 N–H and O–H groups in total. The Balaban J connectivity index is 1.58. The monoisotopic (exact) mass is 392 g/mol. The van der Waals surface area contributed by atoms with Crippen molar-refractivity contribution in [2.24, 2.45) is 5.92 Å². The maximum Gasteiger partial charge on any atom is 0.291 e. The predicted octanol–water partition coefficient (Wildman–Crippen LogP) is 5.21. The molecule has 0 saturated heterocycles. The fourth-order valence-corrected chi connectivity index (χ4v) is 2.59. The second-order valence-electron chi connectivity index (χ2n) is 7.02. The van der Waals surface area contributed by atoms with Gasteiger partial charge in [0.15, 0.2) is 5.76 Å². The Morgan fingerprint density at radius 2 is 1.62 bits per heavy atom. The number of nitrogens with one attached hydrogen (secondary N) is 2. The van der Waals surface area contributed by atoms with Crippen LogP contribution < -0.4 is 15.4 Å². The van der Waals surface area contributed by atoms with Crippen LogP contribution in [-0.2, 0) is 0 Å². The lowest BCUT2D eigenvalue weighted by Crippen LogP contribution is -2.13. The largest absolute Gasteiger partial charge is 0.494 e. The highest BCUT2D eigenvalue weighted by Gasteiger charge is 2.10. The number of anilines is 2. The van der Waals surface area contributed by atoms with Crippen LogP contribution >= 0.6 is 0 Å². The molecule has 29 heavy (non-hydrogen) atoms. The molecule has 0 radical (unpaired) electrons. The molecule has 6 nitrogen and oxygen atoms in total. The van der Waals surface area contributed by atoms with E-state index in [1.807, 2.05) is 0 Å². The zero-order valence-electron chi connectivity index (χ0n) is 16.5. The third kappa shape index (κ3) is 5.97. The fourth-order valence-electron chi connectivity index (χ4n) is 2.59. The fraction of sp³-hybridized carbons (Fsp3) is 0.217. The van der Waals surface area contributed by atoms with Gasteiger partial charge >= 0.3 is 0 Å². The van der Waals surface area contributed by atoms with Crippen LogP contribution in [0.25, 0.3) is 0 Å². The molecule has 2 aromatic carbocycles. The Morgan fingerprint density at radius 3 is 2.24 bits per heavy atom. The number of hydrogen-bond donors (Lipinski definition) is 2. The van der Waals surface area contributed by atoms with Crippen LogP contribution in [0.2, 0.25) is 0 Å². The van der Waals surface area contributed by atoms with E-state index in [2.05, 4.69) is 24.5 Å². The average Bonchev–Trinajstić information content (AvgIpc) is 3.23. The first kappa shape index (κ1) is 20.2. The van der Waals surface area contributed by atoms with Gasteiger partial charge in [-0.15, -0.1) is 0 Å². The minimum absolute atomic E-state index is 0.218. The molecule has 1 aromatic heterocycles. The van der Waals surface area contributed by atoms with E-state index < -0.39 is 0 Å². The highest BCUT2D eigenvalue weighted by Crippen LogP contribution is 2.18. The standard InChI is InChI=1S/C23H24N2O4/c1-16(2)12-14-28-20-10-8-17(9-11-20)22(26)24-18-5-3-6-19(15-18)25-23(27)21-7-4-13-29-21/h3-11,13,15-16H,12,14H2,1-2H3,(H,24,26)(H,25,27). The van der Waals surface area contributed by atoms with Crippen molar-refractivity contribution < 1.29 is 18.7 Å². The van der Waals surface area contributed by atoms with E-state index >= 15 is 0 Å². The molecule has 150 valence electrons. The summed E-state index contributed by atoms with van der Waals surface area (Å²) in [6.45, 7) is 4.95. The van der Waals surface area contributed by atoms with Crippen LogP contribution in [0.15, 0.2) is 71.3 Å². The third-order valence-electron chi connectivity index (χ3n) is 4.20. The minimum atomic E-state index is -0.355. The van der Waals surface area contributed by atoms with Crippen LogP contribution in [0.5, 0.6) is 5.75 Å². The molecule has 6 heteroatoms. The molecule has 0 spiro atoms. The van der Waals surface area contributed by atoms with E-state index in [1.165, 1.54) is 6.26 Å². The normalized spacial score (nSPS) is 10.6. The summed E-state index contributed by atoms with van der Waals surface area (Å²) in [7, 11) is 0. The summed E-state index contributed by atoms with van der Waals surface area (Å²) in [5.74, 6) is 0.944. The highest BCUT2D eigenvalue weighted by atomic mass is 16.5. The topological polar surface area (TPSA) is 80.6 Å². The zero-order valence-corrected chi connectivity index (χ0v) is 16.5. The molecule has 0 aliphatic carbocycles. The number of furan rings is 1. The van der Waals surface area contributed by atoms with Gasteiger partial charge in [0, 0.05) is 16.9 Å². The van der Waals surface area contributed by atoms with Gasteiger partial charge in [0.05, 0.1) is 12.9 Å². The lowest BCUT2D eigenvalue weighted by molar-refractivity contribution is 0.0995. The number of hydrogen-bond acceptors (Lipinski definition) is 4. The Kier molecular flexibility index (Phi) is 6.68. The SMILES string of the molecule is CC(C)CCOc1ccc(C(=O)Nc2cccc(NC(=O)c3ccco3)c2)cc1. The summed E-state index contributed by atoms with van der Waals surface area (Å²) in [6, 6.07) is 17.2. The van der Waals surface area contributed by atoms with Gasteiger partial charge in [-0.25, -0.2) is 0 Å². The predicted molar refractivity (Wildman–Crippen MR) is 112 cm³/mol. The average molecular weight is 392 g/mol. The van der Waals surface area contributed by atoms with E-state index in [0.717, 1.165) is 12.2 Å².